The second-order valence-corrected chi connectivity index (χ2v) is 7.62. The van der Waals surface area contributed by atoms with Gasteiger partial charge in [-0.3, -0.25) is 0 Å². The normalized spacial score (nSPS) is 26.0. The minimum absolute atomic E-state index is 0.203. The first-order valence-electron chi connectivity index (χ1n) is 9.84. The van der Waals surface area contributed by atoms with E-state index >= 15 is 0 Å². The van der Waals surface area contributed by atoms with Crippen molar-refractivity contribution >= 4 is 11.5 Å². The van der Waals surface area contributed by atoms with Crippen molar-refractivity contribution in [2.75, 3.05) is 39.0 Å². The largest absolute Gasteiger partial charge is 0.387 e. The highest BCUT2D eigenvalue weighted by Gasteiger charge is 2.31. The molecule has 2 unspecified atom stereocenters. The first-order chi connectivity index (χ1) is 13.2. The van der Waals surface area contributed by atoms with E-state index in [0.29, 0.717) is 5.92 Å². The van der Waals surface area contributed by atoms with Crippen LogP contribution in [0.3, 0.4) is 0 Å². The lowest BCUT2D eigenvalue weighted by Gasteiger charge is -2.40. The molecule has 3 aliphatic heterocycles. The molecule has 0 bridgehead atoms. The molecular weight excluding hydrogens is 334 g/mol. The first kappa shape index (κ1) is 17.9. The van der Waals surface area contributed by atoms with Crippen molar-refractivity contribution in [3.05, 3.63) is 66.2 Å². The molecule has 1 aromatic carbocycles. The van der Waals surface area contributed by atoms with Crippen LogP contribution in [0, 0.1) is 5.92 Å². The Kier molecular flexibility index (Phi) is 5.30. The maximum atomic E-state index is 5.06. The molecule has 0 radical (unpaired) electrons. The van der Waals surface area contributed by atoms with Crippen LogP contribution in [0.4, 0.5) is 5.69 Å². The highest BCUT2D eigenvalue weighted by molar-refractivity contribution is 5.88. The summed E-state index contributed by atoms with van der Waals surface area (Å²) >= 11 is 0. The van der Waals surface area contributed by atoms with Gasteiger partial charge in [0.1, 0.15) is 11.7 Å². The summed E-state index contributed by atoms with van der Waals surface area (Å²) in [4.78, 5) is 9.85. The van der Waals surface area contributed by atoms with Gasteiger partial charge < -0.3 is 20.4 Å². The molecule has 1 fully saturated rings. The summed E-state index contributed by atoms with van der Waals surface area (Å²) in [6.07, 6.45) is 11.2. The second-order valence-electron chi connectivity index (χ2n) is 7.62. The van der Waals surface area contributed by atoms with E-state index in [2.05, 4.69) is 64.9 Å². The molecule has 1 saturated heterocycles. The number of aliphatic imine (C=N–C) groups is 1. The Balaban J connectivity index is 1.65. The fraction of sp³-hybridized carbons (Fsp3) is 0.409. The smallest absolute Gasteiger partial charge is 0.130 e. The number of piperidine rings is 1. The number of nitrogens with one attached hydrogen (secondary N) is 2. The van der Waals surface area contributed by atoms with Crippen molar-refractivity contribution in [2.24, 2.45) is 10.9 Å². The van der Waals surface area contributed by atoms with E-state index < -0.39 is 0 Å². The van der Waals surface area contributed by atoms with Crippen LogP contribution < -0.4 is 10.6 Å². The molecule has 0 amide bonds. The molecule has 2 atom stereocenters. The highest BCUT2D eigenvalue weighted by Crippen LogP contribution is 2.28. The summed E-state index contributed by atoms with van der Waals surface area (Å²) in [7, 11) is 4.40. The minimum atomic E-state index is 0.203. The van der Waals surface area contributed by atoms with Gasteiger partial charge in [0, 0.05) is 31.7 Å². The molecule has 27 heavy (non-hydrogen) atoms. The average molecular weight is 364 g/mol. The Hall–Kier alpha value is -2.53. The number of benzene rings is 1. The van der Waals surface area contributed by atoms with Crippen molar-refractivity contribution in [2.45, 2.75) is 18.9 Å². The average Bonchev–Trinajstić information content (AvgIpc) is 2.70. The molecule has 5 heteroatoms. The quantitative estimate of drug-likeness (QED) is 0.863. The predicted octanol–water partition coefficient (Wildman–Crippen LogP) is 3.04. The molecule has 3 aliphatic rings. The third-order valence-corrected chi connectivity index (χ3v) is 5.56. The summed E-state index contributed by atoms with van der Waals surface area (Å²) in [5.41, 5.74) is 2.39. The lowest BCUT2D eigenvalue weighted by Crippen LogP contribution is -2.48. The number of nitrogens with zero attached hydrogens (tertiary/aromatic N) is 3. The summed E-state index contributed by atoms with van der Waals surface area (Å²) in [5.74, 6) is 2.62. The van der Waals surface area contributed by atoms with Gasteiger partial charge in [0.05, 0.1) is 6.04 Å². The summed E-state index contributed by atoms with van der Waals surface area (Å²) in [5, 5.41) is 6.77. The van der Waals surface area contributed by atoms with Gasteiger partial charge in [-0.1, -0.05) is 24.3 Å². The van der Waals surface area contributed by atoms with Gasteiger partial charge in [-0.05, 0) is 62.5 Å². The zero-order chi connectivity index (χ0) is 18.6. The molecule has 1 aromatic rings. The van der Waals surface area contributed by atoms with E-state index in [9.17, 15) is 0 Å². The number of rotatable bonds is 4. The lowest BCUT2D eigenvalue weighted by atomic mass is 9.93. The predicted molar refractivity (Wildman–Crippen MR) is 113 cm³/mol. The second kappa shape index (κ2) is 8.01. The molecule has 0 aromatic heterocycles. The van der Waals surface area contributed by atoms with Crippen LogP contribution in [0.2, 0.25) is 0 Å². The Labute approximate surface area is 162 Å². The molecule has 4 rings (SSSR count). The fourth-order valence-corrected chi connectivity index (χ4v) is 4.15. The lowest BCUT2D eigenvalue weighted by molar-refractivity contribution is 0.235. The van der Waals surface area contributed by atoms with Crippen LogP contribution in [0.25, 0.3) is 0 Å². The van der Waals surface area contributed by atoms with Crippen LogP contribution in [0.15, 0.2) is 71.1 Å². The summed E-state index contributed by atoms with van der Waals surface area (Å²) in [6, 6.07) is 10.5. The van der Waals surface area contributed by atoms with Crippen LogP contribution in [-0.4, -0.2) is 55.4 Å². The minimum Gasteiger partial charge on any atom is -0.387 e. The number of amidine groups is 1. The Bertz CT molecular complexity index is 777. The standard InChI is InChI=1S/C22H29N5/c1-26-14-6-7-18(16-26)22-25-21(24-19-8-4-3-5-9-19)15-20(27(22)2)17-10-12-23-13-11-17/h3-5,8-12,15,18,20,23-24H,6-7,13-14,16H2,1-2H3. The third kappa shape index (κ3) is 4.08. The first-order valence-corrected chi connectivity index (χ1v) is 9.84. The molecular formula is C22H29N5. The number of likely N-dealkylation sites (N-methyl/N-ethyl adjacent to an activating group) is 1. The third-order valence-electron chi connectivity index (χ3n) is 5.56. The van der Waals surface area contributed by atoms with Gasteiger partial charge in [-0.2, -0.15) is 0 Å². The van der Waals surface area contributed by atoms with E-state index in [4.69, 9.17) is 4.99 Å². The van der Waals surface area contributed by atoms with Crippen molar-refractivity contribution in [1.82, 2.24) is 15.1 Å². The maximum Gasteiger partial charge on any atom is 0.130 e. The Morgan fingerprint density at radius 2 is 2.04 bits per heavy atom. The van der Waals surface area contributed by atoms with Gasteiger partial charge in [0.15, 0.2) is 0 Å². The fourth-order valence-electron chi connectivity index (χ4n) is 4.15. The molecule has 0 aliphatic carbocycles. The van der Waals surface area contributed by atoms with Crippen LogP contribution in [-0.2, 0) is 0 Å². The van der Waals surface area contributed by atoms with Crippen molar-refractivity contribution < 1.29 is 0 Å². The SMILES string of the molecule is CN1CCCC(C2=NC(Nc3ccccc3)=CC(C3=CCNC=C3)N2C)C1. The van der Waals surface area contributed by atoms with Crippen LogP contribution in [0.1, 0.15) is 12.8 Å². The van der Waals surface area contributed by atoms with Crippen LogP contribution in [0.5, 0.6) is 0 Å². The molecule has 0 saturated carbocycles. The molecule has 142 valence electrons. The highest BCUT2D eigenvalue weighted by atomic mass is 15.3. The van der Waals surface area contributed by atoms with E-state index in [-0.39, 0.29) is 6.04 Å². The van der Waals surface area contributed by atoms with Gasteiger partial charge in [0.2, 0.25) is 0 Å². The van der Waals surface area contributed by atoms with E-state index in [0.717, 1.165) is 24.6 Å². The number of hydrogen-bond acceptors (Lipinski definition) is 5. The van der Waals surface area contributed by atoms with Gasteiger partial charge in [-0.25, -0.2) is 4.99 Å². The Morgan fingerprint density at radius 1 is 1.19 bits per heavy atom. The van der Waals surface area contributed by atoms with Crippen molar-refractivity contribution in [3.63, 3.8) is 0 Å². The number of anilines is 1. The number of dihydropyridines is 1. The summed E-state index contributed by atoms with van der Waals surface area (Å²) < 4.78 is 0. The molecule has 0 spiro atoms. The van der Waals surface area contributed by atoms with Crippen LogP contribution >= 0.6 is 0 Å². The molecule has 2 N–H and O–H groups in total. The number of hydrogen-bond donors (Lipinski definition) is 2. The summed E-state index contributed by atoms with van der Waals surface area (Å²) in [6.45, 7) is 3.14. The van der Waals surface area contributed by atoms with Crippen molar-refractivity contribution in [3.8, 4) is 0 Å². The Morgan fingerprint density at radius 3 is 2.78 bits per heavy atom. The van der Waals surface area contributed by atoms with E-state index in [1.54, 1.807) is 0 Å². The van der Waals surface area contributed by atoms with Gasteiger partial charge in [-0.15, -0.1) is 0 Å². The van der Waals surface area contributed by atoms with E-state index in [1.165, 1.54) is 30.8 Å². The number of para-hydroxylation sites is 1. The number of likely N-dealkylation sites (tertiary alicyclic amines) is 1. The zero-order valence-electron chi connectivity index (χ0n) is 16.2. The topological polar surface area (TPSA) is 42.9 Å². The molecule has 3 heterocycles. The van der Waals surface area contributed by atoms with Crippen molar-refractivity contribution in [1.29, 1.82) is 0 Å². The van der Waals surface area contributed by atoms with Gasteiger partial charge >= 0.3 is 0 Å². The molecule has 5 nitrogen and oxygen atoms in total. The monoisotopic (exact) mass is 363 g/mol. The zero-order valence-corrected chi connectivity index (χ0v) is 16.2. The van der Waals surface area contributed by atoms with E-state index in [1.807, 2.05) is 24.4 Å². The maximum absolute atomic E-state index is 5.06. The van der Waals surface area contributed by atoms with Gasteiger partial charge in [0.25, 0.3) is 0 Å².